The Morgan fingerprint density at radius 2 is 1.88 bits per heavy atom. The Hall–Kier alpha value is -1.79. The quantitative estimate of drug-likeness (QED) is 0.578. The van der Waals surface area contributed by atoms with Gasteiger partial charge in [-0.05, 0) is 26.0 Å². The zero-order valence-corrected chi connectivity index (χ0v) is 15.1. The molecule has 2 unspecified atom stereocenters. The van der Waals surface area contributed by atoms with Crippen LogP contribution in [0.15, 0.2) is 35.3 Å². The van der Waals surface area contributed by atoms with Gasteiger partial charge in [-0.15, -0.1) is 0 Å². The van der Waals surface area contributed by atoms with E-state index in [9.17, 15) is 0 Å². The SMILES string of the molecule is COCC(C)NC(N)=NCC(C)N1CCN(c2ccccc2)CC1. The van der Waals surface area contributed by atoms with Gasteiger partial charge in [0.1, 0.15) is 0 Å². The molecule has 0 aliphatic carbocycles. The first-order chi connectivity index (χ1) is 11.6. The monoisotopic (exact) mass is 333 g/mol. The van der Waals surface area contributed by atoms with Crippen molar-refractivity contribution < 1.29 is 4.74 Å². The minimum absolute atomic E-state index is 0.170. The first-order valence-corrected chi connectivity index (χ1v) is 8.69. The van der Waals surface area contributed by atoms with Gasteiger partial charge in [-0.3, -0.25) is 9.89 Å². The summed E-state index contributed by atoms with van der Waals surface area (Å²) in [5.41, 5.74) is 7.25. The molecule has 1 aliphatic rings. The number of methoxy groups -OCH3 is 1. The van der Waals surface area contributed by atoms with E-state index < -0.39 is 0 Å². The third kappa shape index (κ3) is 5.69. The lowest BCUT2D eigenvalue weighted by molar-refractivity contribution is 0.179. The molecule has 1 aliphatic heterocycles. The number of ether oxygens (including phenoxy) is 1. The van der Waals surface area contributed by atoms with E-state index >= 15 is 0 Å². The van der Waals surface area contributed by atoms with E-state index in [1.54, 1.807) is 7.11 Å². The first kappa shape index (κ1) is 18.5. The van der Waals surface area contributed by atoms with Crippen molar-refractivity contribution in [1.29, 1.82) is 0 Å². The van der Waals surface area contributed by atoms with Crippen molar-refractivity contribution in [1.82, 2.24) is 10.2 Å². The zero-order chi connectivity index (χ0) is 17.4. The second-order valence-electron chi connectivity index (χ2n) is 6.43. The van der Waals surface area contributed by atoms with Gasteiger partial charge in [0.25, 0.3) is 0 Å². The highest BCUT2D eigenvalue weighted by atomic mass is 16.5. The molecule has 6 heteroatoms. The van der Waals surface area contributed by atoms with Gasteiger partial charge in [-0.25, -0.2) is 0 Å². The van der Waals surface area contributed by atoms with E-state index in [-0.39, 0.29) is 6.04 Å². The normalized spacial score (nSPS) is 19.1. The van der Waals surface area contributed by atoms with Crippen LogP contribution in [0.2, 0.25) is 0 Å². The van der Waals surface area contributed by atoms with Gasteiger partial charge < -0.3 is 20.7 Å². The summed E-state index contributed by atoms with van der Waals surface area (Å²) in [5, 5.41) is 3.14. The minimum atomic E-state index is 0.170. The average molecular weight is 333 g/mol. The topological polar surface area (TPSA) is 66.1 Å². The van der Waals surface area contributed by atoms with Crippen molar-refractivity contribution >= 4 is 11.6 Å². The summed E-state index contributed by atoms with van der Waals surface area (Å²) < 4.78 is 5.09. The van der Waals surface area contributed by atoms with Crippen LogP contribution in [-0.4, -0.2) is 69.4 Å². The average Bonchev–Trinajstić information content (AvgIpc) is 2.61. The standard InChI is InChI=1S/C18H31N5O/c1-15(14-24-3)21-18(19)20-13-16(2)22-9-11-23(12-10-22)17-7-5-4-6-8-17/h4-8,15-16H,9-14H2,1-3H3,(H3,19,20,21). The Bertz CT molecular complexity index is 499. The number of piperazine rings is 1. The molecule has 0 amide bonds. The number of nitrogens with two attached hydrogens (primary N) is 1. The number of rotatable bonds is 7. The van der Waals surface area contributed by atoms with Gasteiger partial charge in [-0.2, -0.15) is 0 Å². The highest BCUT2D eigenvalue weighted by molar-refractivity contribution is 5.78. The fourth-order valence-electron chi connectivity index (χ4n) is 3.00. The van der Waals surface area contributed by atoms with Gasteiger partial charge in [0.2, 0.25) is 0 Å². The number of hydrogen-bond acceptors (Lipinski definition) is 4. The second-order valence-corrected chi connectivity index (χ2v) is 6.43. The van der Waals surface area contributed by atoms with Crippen molar-refractivity contribution in [3.05, 3.63) is 30.3 Å². The Kier molecular flexibility index (Phi) is 7.34. The molecule has 0 saturated carbocycles. The van der Waals surface area contributed by atoms with Crippen molar-refractivity contribution in [2.45, 2.75) is 25.9 Å². The van der Waals surface area contributed by atoms with Crippen LogP contribution in [0.5, 0.6) is 0 Å². The number of benzene rings is 1. The molecular weight excluding hydrogens is 302 g/mol. The molecule has 1 heterocycles. The zero-order valence-electron chi connectivity index (χ0n) is 15.1. The summed E-state index contributed by atoms with van der Waals surface area (Å²) in [6.07, 6.45) is 0. The van der Waals surface area contributed by atoms with Crippen LogP contribution in [-0.2, 0) is 4.74 Å². The van der Waals surface area contributed by atoms with Gasteiger partial charge in [-0.1, -0.05) is 18.2 Å². The maximum absolute atomic E-state index is 5.94. The number of aliphatic imine (C=N–C) groups is 1. The first-order valence-electron chi connectivity index (χ1n) is 8.69. The Labute approximate surface area is 145 Å². The smallest absolute Gasteiger partial charge is 0.188 e. The maximum Gasteiger partial charge on any atom is 0.188 e. The fourth-order valence-corrected chi connectivity index (χ4v) is 3.00. The van der Waals surface area contributed by atoms with Crippen LogP contribution in [0.4, 0.5) is 5.69 Å². The molecule has 1 aromatic carbocycles. The van der Waals surface area contributed by atoms with Crippen LogP contribution in [0.25, 0.3) is 0 Å². The van der Waals surface area contributed by atoms with Gasteiger partial charge >= 0.3 is 0 Å². The van der Waals surface area contributed by atoms with E-state index in [0.717, 1.165) is 26.2 Å². The summed E-state index contributed by atoms with van der Waals surface area (Å²) >= 11 is 0. The lowest BCUT2D eigenvalue weighted by atomic mass is 10.2. The molecule has 134 valence electrons. The Balaban J connectivity index is 1.75. The van der Waals surface area contributed by atoms with Crippen LogP contribution >= 0.6 is 0 Å². The van der Waals surface area contributed by atoms with Crippen LogP contribution in [0.3, 0.4) is 0 Å². The number of nitrogens with one attached hydrogen (secondary N) is 1. The van der Waals surface area contributed by atoms with E-state index in [4.69, 9.17) is 10.5 Å². The summed E-state index contributed by atoms with van der Waals surface area (Å²) in [7, 11) is 1.68. The molecule has 1 saturated heterocycles. The van der Waals surface area contributed by atoms with Crippen molar-refractivity contribution in [3.8, 4) is 0 Å². The van der Waals surface area contributed by atoms with E-state index in [2.05, 4.69) is 57.4 Å². The molecule has 0 bridgehead atoms. The Morgan fingerprint density at radius 3 is 2.50 bits per heavy atom. The highest BCUT2D eigenvalue weighted by Crippen LogP contribution is 2.16. The van der Waals surface area contributed by atoms with Gasteiger partial charge in [0, 0.05) is 51.1 Å². The molecule has 2 rings (SSSR count). The molecular formula is C18H31N5O. The summed E-state index contributed by atoms with van der Waals surface area (Å²) in [4.78, 5) is 9.39. The van der Waals surface area contributed by atoms with Gasteiger partial charge in [0.05, 0.1) is 13.2 Å². The van der Waals surface area contributed by atoms with Crippen molar-refractivity contribution in [2.24, 2.45) is 10.7 Å². The summed E-state index contributed by atoms with van der Waals surface area (Å²) in [6.45, 7) is 9.79. The predicted molar refractivity (Wildman–Crippen MR) is 101 cm³/mol. The molecule has 6 nitrogen and oxygen atoms in total. The van der Waals surface area contributed by atoms with Crippen molar-refractivity contribution in [3.63, 3.8) is 0 Å². The van der Waals surface area contributed by atoms with Crippen LogP contribution < -0.4 is 16.0 Å². The molecule has 0 aromatic heterocycles. The number of anilines is 1. The predicted octanol–water partition coefficient (Wildman–Crippen LogP) is 1.14. The number of nitrogens with zero attached hydrogens (tertiary/aromatic N) is 3. The third-order valence-corrected chi connectivity index (χ3v) is 4.40. The molecule has 0 radical (unpaired) electrons. The summed E-state index contributed by atoms with van der Waals surface area (Å²) in [5.74, 6) is 0.495. The lowest BCUT2D eigenvalue weighted by Crippen LogP contribution is -2.50. The molecule has 1 aromatic rings. The van der Waals surface area contributed by atoms with E-state index in [0.29, 0.717) is 25.2 Å². The maximum atomic E-state index is 5.94. The number of guanidine groups is 1. The molecule has 3 N–H and O–H groups in total. The minimum Gasteiger partial charge on any atom is -0.383 e. The number of para-hydroxylation sites is 1. The largest absolute Gasteiger partial charge is 0.383 e. The highest BCUT2D eigenvalue weighted by Gasteiger charge is 2.21. The van der Waals surface area contributed by atoms with E-state index in [1.165, 1.54) is 5.69 Å². The van der Waals surface area contributed by atoms with E-state index in [1.807, 2.05) is 6.92 Å². The summed E-state index contributed by atoms with van der Waals surface area (Å²) in [6, 6.07) is 11.2. The Morgan fingerprint density at radius 1 is 1.21 bits per heavy atom. The van der Waals surface area contributed by atoms with Gasteiger partial charge in [0.15, 0.2) is 5.96 Å². The lowest BCUT2D eigenvalue weighted by Gasteiger charge is -2.38. The fraction of sp³-hybridized carbons (Fsp3) is 0.611. The molecule has 0 spiro atoms. The molecule has 1 fully saturated rings. The van der Waals surface area contributed by atoms with Crippen LogP contribution in [0, 0.1) is 0 Å². The van der Waals surface area contributed by atoms with Crippen LogP contribution in [0.1, 0.15) is 13.8 Å². The molecule has 2 atom stereocenters. The third-order valence-electron chi connectivity index (χ3n) is 4.40. The number of hydrogen-bond donors (Lipinski definition) is 2. The molecule has 24 heavy (non-hydrogen) atoms. The second kappa shape index (κ2) is 9.49. The van der Waals surface area contributed by atoms with Crippen molar-refractivity contribution in [2.75, 3.05) is 51.3 Å².